The van der Waals surface area contributed by atoms with Gasteiger partial charge in [0.05, 0.1) is 12.4 Å². The van der Waals surface area contributed by atoms with Gasteiger partial charge in [-0.25, -0.2) is 14.4 Å². The molecule has 0 spiro atoms. The smallest absolute Gasteiger partial charge is 0.225 e. The average molecular weight is 210 g/mol. The Morgan fingerprint density at radius 1 is 1.53 bits per heavy atom. The van der Waals surface area contributed by atoms with E-state index in [0.29, 0.717) is 12.0 Å². The number of hydrogen-bond acceptors (Lipinski definition) is 4. The number of anilines is 1. The molecule has 5 heteroatoms. The zero-order valence-electron chi connectivity index (χ0n) is 8.78. The fourth-order valence-electron chi connectivity index (χ4n) is 1.83. The van der Waals surface area contributed by atoms with Gasteiger partial charge in [-0.05, 0) is 19.4 Å². The van der Waals surface area contributed by atoms with E-state index in [2.05, 4.69) is 15.3 Å². The first kappa shape index (κ1) is 10.3. The molecule has 0 aromatic carbocycles. The van der Waals surface area contributed by atoms with Crippen LogP contribution in [-0.2, 0) is 0 Å². The minimum atomic E-state index is -0.397. The van der Waals surface area contributed by atoms with Gasteiger partial charge >= 0.3 is 0 Å². The summed E-state index contributed by atoms with van der Waals surface area (Å²) >= 11 is 0. The highest BCUT2D eigenvalue weighted by atomic mass is 19.1. The quantitative estimate of drug-likeness (QED) is 0.801. The number of rotatable bonds is 3. The fraction of sp³-hybridized carbons (Fsp3) is 0.600. The molecule has 1 aromatic rings. The van der Waals surface area contributed by atoms with Gasteiger partial charge < -0.3 is 10.2 Å². The standard InChI is InChI=1S/C10H15FN4/c1-15(7-9-3-2-4-12-9)10-13-5-8(11)6-14-10/h5-6,9,12H,2-4,7H2,1H3/t9-/m1/s1. The van der Waals surface area contributed by atoms with Crippen molar-refractivity contribution in [1.82, 2.24) is 15.3 Å². The summed E-state index contributed by atoms with van der Waals surface area (Å²) < 4.78 is 12.6. The van der Waals surface area contributed by atoms with Crippen LogP contribution in [-0.4, -0.2) is 36.1 Å². The molecule has 15 heavy (non-hydrogen) atoms. The van der Waals surface area contributed by atoms with E-state index in [9.17, 15) is 4.39 Å². The molecule has 1 aromatic heterocycles. The lowest BCUT2D eigenvalue weighted by Gasteiger charge is -2.20. The molecule has 0 amide bonds. The zero-order chi connectivity index (χ0) is 10.7. The van der Waals surface area contributed by atoms with Gasteiger partial charge in [0.2, 0.25) is 5.95 Å². The Hall–Kier alpha value is -1.23. The maximum Gasteiger partial charge on any atom is 0.225 e. The molecule has 0 aliphatic carbocycles. The van der Waals surface area contributed by atoms with E-state index in [1.807, 2.05) is 11.9 Å². The van der Waals surface area contributed by atoms with Crippen molar-refractivity contribution in [2.24, 2.45) is 0 Å². The van der Waals surface area contributed by atoms with Gasteiger partial charge in [0.15, 0.2) is 5.82 Å². The van der Waals surface area contributed by atoms with Gasteiger partial charge in [-0.2, -0.15) is 0 Å². The van der Waals surface area contributed by atoms with E-state index < -0.39 is 5.82 Å². The summed E-state index contributed by atoms with van der Waals surface area (Å²) in [4.78, 5) is 9.81. The molecule has 1 aliphatic rings. The molecule has 4 nitrogen and oxygen atoms in total. The lowest BCUT2D eigenvalue weighted by Crippen LogP contribution is -2.36. The van der Waals surface area contributed by atoms with Crippen molar-refractivity contribution in [2.45, 2.75) is 18.9 Å². The molecule has 82 valence electrons. The highest BCUT2D eigenvalue weighted by Gasteiger charge is 2.16. The van der Waals surface area contributed by atoms with Crippen LogP contribution in [0, 0.1) is 5.82 Å². The Balaban J connectivity index is 1.94. The van der Waals surface area contributed by atoms with Crippen molar-refractivity contribution in [3.05, 3.63) is 18.2 Å². The van der Waals surface area contributed by atoms with Crippen LogP contribution in [0.25, 0.3) is 0 Å². The molecule has 1 N–H and O–H groups in total. The third kappa shape index (κ3) is 2.62. The second-order valence-corrected chi connectivity index (χ2v) is 3.88. The van der Waals surface area contributed by atoms with Crippen LogP contribution in [0.1, 0.15) is 12.8 Å². The first-order valence-electron chi connectivity index (χ1n) is 5.18. The third-order valence-corrected chi connectivity index (χ3v) is 2.60. The molecule has 1 aliphatic heterocycles. The number of halogens is 1. The average Bonchev–Trinajstić information content (AvgIpc) is 2.71. The lowest BCUT2D eigenvalue weighted by molar-refractivity contribution is 0.587. The molecule has 0 bridgehead atoms. The second kappa shape index (κ2) is 4.53. The maximum atomic E-state index is 12.6. The Morgan fingerprint density at radius 2 is 2.27 bits per heavy atom. The largest absolute Gasteiger partial charge is 0.342 e. The fourth-order valence-corrected chi connectivity index (χ4v) is 1.83. The molecule has 0 unspecified atom stereocenters. The molecular formula is C10H15FN4. The zero-order valence-corrected chi connectivity index (χ0v) is 8.78. The molecule has 2 rings (SSSR count). The molecule has 2 heterocycles. The van der Waals surface area contributed by atoms with Gasteiger partial charge in [0.25, 0.3) is 0 Å². The van der Waals surface area contributed by atoms with Gasteiger partial charge in [-0.3, -0.25) is 0 Å². The highest BCUT2D eigenvalue weighted by Crippen LogP contribution is 2.10. The minimum Gasteiger partial charge on any atom is -0.342 e. The summed E-state index contributed by atoms with van der Waals surface area (Å²) in [6.07, 6.45) is 4.80. The van der Waals surface area contributed by atoms with E-state index in [1.54, 1.807) is 0 Å². The second-order valence-electron chi connectivity index (χ2n) is 3.88. The van der Waals surface area contributed by atoms with Gasteiger partial charge in [-0.1, -0.05) is 0 Å². The predicted molar refractivity (Wildman–Crippen MR) is 56.3 cm³/mol. The molecular weight excluding hydrogens is 195 g/mol. The summed E-state index contributed by atoms with van der Waals surface area (Å²) in [7, 11) is 1.92. The van der Waals surface area contributed by atoms with Gasteiger partial charge in [0.1, 0.15) is 0 Å². The van der Waals surface area contributed by atoms with Gasteiger partial charge in [-0.15, -0.1) is 0 Å². The van der Waals surface area contributed by atoms with Crippen molar-refractivity contribution < 1.29 is 4.39 Å². The summed E-state index contributed by atoms with van der Waals surface area (Å²) in [5, 5.41) is 3.40. The van der Waals surface area contributed by atoms with E-state index in [1.165, 1.54) is 25.2 Å². The van der Waals surface area contributed by atoms with Gasteiger partial charge in [0, 0.05) is 19.6 Å². The first-order valence-corrected chi connectivity index (χ1v) is 5.18. The van der Waals surface area contributed by atoms with Crippen LogP contribution in [0.5, 0.6) is 0 Å². The van der Waals surface area contributed by atoms with Crippen molar-refractivity contribution >= 4 is 5.95 Å². The molecule has 0 radical (unpaired) electrons. The van der Waals surface area contributed by atoms with E-state index >= 15 is 0 Å². The Bertz CT molecular complexity index is 308. The van der Waals surface area contributed by atoms with Crippen LogP contribution < -0.4 is 10.2 Å². The predicted octanol–water partition coefficient (Wildman–Crippen LogP) is 0.804. The number of likely N-dealkylation sites (N-methyl/N-ethyl adjacent to an activating group) is 1. The van der Waals surface area contributed by atoms with Crippen molar-refractivity contribution in [3.63, 3.8) is 0 Å². The number of hydrogen-bond donors (Lipinski definition) is 1. The minimum absolute atomic E-state index is 0.397. The van der Waals surface area contributed by atoms with Crippen molar-refractivity contribution in [1.29, 1.82) is 0 Å². The van der Waals surface area contributed by atoms with Crippen LogP contribution in [0.15, 0.2) is 12.4 Å². The number of nitrogens with one attached hydrogen (secondary N) is 1. The Morgan fingerprint density at radius 3 is 2.87 bits per heavy atom. The summed E-state index contributed by atoms with van der Waals surface area (Å²) in [5.74, 6) is 0.177. The molecule has 0 saturated carbocycles. The number of nitrogens with zero attached hydrogens (tertiary/aromatic N) is 3. The monoisotopic (exact) mass is 210 g/mol. The van der Waals surface area contributed by atoms with Crippen LogP contribution in [0.4, 0.5) is 10.3 Å². The van der Waals surface area contributed by atoms with E-state index in [0.717, 1.165) is 13.1 Å². The maximum absolute atomic E-state index is 12.6. The molecule has 1 saturated heterocycles. The third-order valence-electron chi connectivity index (χ3n) is 2.60. The molecule has 1 fully saturated rings. The van der Waals surface area contributed by atoms with Crippen molar-refractivity contribution in [2.75, 3.05) is 25.0 Å². The molecule has 1 atom stereocenters. The summed E-state index contributed by atoms with van der Waals surface area (Å²) in [6.45, 7) is 1.95. The summed E-state index contributed by atoms with van der Waals surface area (Å²) in [5.41, 5.74) is 0. The summed E-state index contributed by atoms with van der Waals surface area (Å²) in [6, 6.07) is 0.503. The van der Waals surface area contributed by atoms with Crippen LogP contribution >= 0.6 is 0 Å². The number of aromatic nitrogens is 2. The topological polar surface area (TPSA) is 41.0 Å². The SMILES string of the molecule is CN(C[C@H]1CCCN1)c1ncc(F)cn1. The Labute approximate surface area is 88.5 Å². The van der Waals surface area contributed by atoms with E-state index in [4.69, 9.17) is 0 Å². The van der Waals surface area contributed by atoms with Crippen LogP contribution in [0.2, 0.25) is 0 Å². The first-order chi connectivity index (χ1) is 7.25. The van der Waals surface area contributed by atoms with Crippen molar-refractivity contribution in [3.8, 4) is 0 Å². The highest BCUT2D eigenvalue weighted by molar-refractivity contribution is 5.27. The normalized spacial score (nSPS) is 20.5. The van der Waals surface area contributed by atoms with E-state index in [-0.39, 0.29) is 0 Å². The van der Waals surface area contributed by atoms with Crippen LogP contribution in [0.3, 0.4) is 0 Å². The Kier molecular flexibility index (Phi) is 3.11. The lowest BCUT2D eigenvalue weighted by atomic mass is 10.2.